The molecule has 3 nitrogen and oxygen atoms in total. The van der Waals surface area contributed by atoms with E-state index < -0.39 is 0 Å². The fourth-order valence-corrected chi connectivity index (χ4v) is 2.78. The van der Waals surface area contributed by atoms with Crippen molar-refractivity contribution >= 4 is 5.52 Å². The summed E-state index contributed by atoms with van der Waals surface area (Å²) in [4.78, 5) is 0. The van der Waals surface area contributed by atoms with Crippen molar-refractivity contribution in [3.63, 3.8) is 0 Å². The molecule has 0 radical (unpaired) electrons. The fraction of sp³-hybridized carbons (Fsp3) is 0.278. The second-order valence-corrected chi connectivity index (χ2v) is 5.22. The molecular weight excluding hydrogens is 258 g/mol. The van der Waals surface area contributed by atoms with Crippen LogP contribution in [0.3, 0.4) is 0 Å². The Morgan fingerprint density at radius 3 is 2.86 bits per heavy atom. The van der Waals surface area contributed by atoms with Gasteiger partial charge in [0.05, 0.1) is 17.8 Å². The van der Waals surface area contributed by atoms with Crippen molar-refractivity contribution < 1.29 is 0 Å². The second-order valence-electron chi connectivity index (χ2n) is 5.22. The van der Waals surface area contributed by atoms with E-state index in [9.17, 15) is 0 Å². The van der Waals surface area contributed by atoms with Gasteiger partial charge in [0.1, 0.15) is 0 Å². The number of aromatic nitrogens is 2. The number of hydrogen-bond donors (Lipinski definition) is 1. The minimum atomic E-state index is 0.182. The summed E-state index contributed by atoms with van der Waals surface area (Å²) in [6.07, 6.45) is 5.02. The molecule has 0 fully saturated rings. The average molecular weight is 279 g/mol. The van der Waals surface area contributed by atoms with Crippen LogP contribution in [-0.4, -0.2) is 16.2 Å². The quantitative estimate of drug-likeness (QED) is 0.773. The third-order valence-electron chi connectivity index (χ3n) is 3.87. The highest BCUT2D eigenvalue weighted by atomic mass is 15.2. The fourth-order valence-electron chi connectivity index (χ4n) is 2.78. The minimum absolute atomic E-state index is 0.182. The zero-order chi connectivity index (χ0) is 14.7. The first-order chi connectivity index (χ1) is 10.3. The highest BCUT2D eigenvalue weighted by molar-refractivity contribution is 5.57. The van der Waals surface area contributed by atoms with E-state index in [1.54, 1.807) is 0 Å². The lowest BCUT2D eigenvalue weighted by atomic mass is 9.97. The lowest BCUT2D eigenvalue weighted by Gasteiger charge is -2.18. The van der Waals surface area contributed by atoms with E-state index in [-0.39, 0.29) is 6.04 Å². The van der Waals surface area contributed by atoms with E-state index in [2.05, 4.69) is 60.7 Å². The largest absolute Gasteiger partial charge is 0.306 e. The summed E-state index contributed by atoms with van der Waals surface area (Å²) >= 11 is 0. The van der Waals surface area contributed by atoms with Gasteiger partial charge < -0.3 is 5.32 Å². The minimum Gasteiger partial charge on any atom is -0.306 e. The average Bonchev–Trinajstić information content (AvgIpc) is 2.96. The molecule has 0 aliphatic rings. The van der Waals surface area contributed by atoms with Gasteiger partial charge in [0, 0.05) is 11.8 Å². The maximum absolute atomic E-state index is 4.47. The van der Waals surface area contributed by atoms with Crippen LogP contribution >= 0.6 is 0 Å². The van der Waals surface area contributed by atoms with Crippen LogP contribution in [0.25, 0.3) is 5.52 Å². The van der Waals surface area contributed by atoms with Gasteiger partial charge in [-0.05, 0) is 36.2 Å². The van der Waals surface area contributed by atoms with Gasteiger partial charge in [0.2, 0.25) is 0 Å². The Bertz CT molecular complexity index is 730. The molecule has 3 aromatic rings. The number of hydrogen-bond acceptors (Lipinski definition) is 2. The Morgan fingerprint density at radius 2 is 2.05 bits per heavy atom. The predicted molar refractivity (Wildman–Crippen MR) is 86.5 cm³/mol. The molecule has 21 heavy (non-hydrogen) atoms. The SMILES string of the molecule is CCNC(c1cccc(CC)c1)c1cnn2ccccc12. The van der Waals surface area contributed by atoms with Gasteiger partial charge in [-0.2, -0.15) is 5.10 Å². The summed E-state index contributed by atoms with van der Waals surface area (Å²) in [6, 6.07) is 15.2. The molecule has 1 unspecified atom stereocenters. The van der Waals surface area contributed by atoms with Crippen molar-refractivity contribution in [1.82, 2.24) is 14.9 Å². The molecule has 2 aromatic heterocycles. The molecule has 0 amide bonds. The zero-order valence-electron chi connectivity index (χ0n) is 12.6. The molecule has 0 spiro atoms. The summed E-state index contributed by atoms with van der Waals surface area (Å²) in [6.45, 7) is 5.25. The van der Waals surface area contributed by atoms with Crippen LogP contribution in [0.2, 0.25) is 0 Å². The molecule has 1 aromatic carbocycles. The smallest absolute Gasteiger partial charge is 0.0712 e. The lowest BCUT2D eigenvalue weighted by molar-refractivity contribution is 0.633. The summed E-state index contributed by atoms with van der Waals surface area (Å²) in [5.74, 6) is 0. The first-order valence-electron chi connectivity index (χ1n) is 7.58. The van der Waals surface area contributed by atoms with Crippen LogP contribution in [0, 0.1) is 0 Å². The molecule has 0 bridgehead atoms. The number of benzene rings is 1. The third kappa shape index (κ3) is 2.69. The van der Waals surface area contributed by atoms with Crippen molar-refractivity contribution in [3.05, 3.63) is 71.5 Å². The van der Waals surface area contributed by atoms with Crippen molar-refractivity contribution in [3.8, 4) is 0 Å². The van der Waals surface area contributed by atoms with Gasteiger partial charge in [-0.25, -0.2) is 4.52 Å². The zero-order valence-corrected chi connectivity index (χ0v) is 12.6. The number of rotatable bonds is 5. The van der Waals surface area contributed by atoms with Crippen molar-refractivity contribution in [2.75, 3.05) is 6.54 Å². The number of aryl methyl sites for hydroxylation is 1. The monoisotopic (exact) mass is 279 g/mol. The molecule has 3 heteroatoms. The van der Waals surface area contributed by atoms with Gasteiger partial charge in [-0.1, -0.05) is 44.2 Å². The maximum Gasteiger partial charge on any atom is 0.0712 e. The van der Waals surface area contributed by atoms with E-state index in [1.165, 1.54) is 16.7 Å². The second kappa shape index (κ2) is 6.10. The van der Waals surface area contributed by atoms with Crippen LogP contribution in [0.15, 0.2) is 54.9 Å². The van der Waals surface area contributed by atoms with Crippen LogP contribution < -0.4 is 5.32 Å². The van der Waals surface area contributed by atoms with Crippen LogP contribution in [-0.2, 0) is 6.42 Å². The summed E-state index contributed by atoms with van der Waals surface area (Å²) in [7, 11) is 0. The third-order valence-corrected chi connectivity index (χ3v) is 3.87. The molecule has 0 aliphatic heterocycles. The van der Waals surface area contributed by atoms with Gasteiger partial charge >= 0.3 is 0 Å². The summed E-state index contributed by atoms with van der Waals surface area (Å²) in [5, 5.41) is 8.06. The normalized spacial score (nSPS) is 12.7. The van der Waals surface area contributed by atoms with Crippen LogP contribution in [0.1, 0.15) is 36.6 Å². The molecule has 1 N–H and O–H groups in total. The molecule has 0 aliphatic carbocycles. The molecule has 108 valence electrons. The van der Waals surface area contributed by atoms with E-state index in [0.29, 0.717) is 0 Å². The van der Waals surface area contributed by atoms with Crippen molar-refractivity contribution in [1.29, 1.82) is 0 Å². The Kier molecular flexibility index (Phi) is 4.02. The molecule has 0 saturated heterocycles. The van der Waals surface area contributed by atoms with Crippen molar-refractivity contribution in [2.24, 2.45) is 0 Å². The maximum atomic E-state index is 4.47. The van der Waals surface area contributed by atoms with E-state index in [4.69, 9.17) is 0 Å². The Balaban J connectivity index is 2.08. The Labute approximate surface area is 125 Å². The predicted octanol–water partition coefficient (Wildman–Crippen LogP) is 3.60. The number of pyridine rings is 1. The van der Waals surface area contributed by atoms with E-state index in [1.807, 2.05) is 23.0 Å². The summed E-state index contributed by atoms with van der Waals surface area (Å²) < 4.78 is 1.93. The number of nitrogens with one attached hydrogen (secondary N) is 1. The molecule has 3 rings (SSSR count). The molecular formula is C18H21N3. The lowest BCUT2D eigenvalue weighted by Crippen LogP contribution is -2.22. The van der Waals surface area contributed by atoms with E-state index >= 15 is 0 Å². The van der Waals surface area contributed by atoms with Crippen molar-refractivity contribution in [2.45, 2.75) is 26.3 Å². The highest BCUT2D eigenvalue weighted by Gasteiger charge is 2.17. The Morgan fingerprint density at radius 1 is 1.14 bits per heavy atom. The standard InChI is InChI=1S/C18H21N3/c1-3-14-8-7-9-15(12-14)18(19-4-2)16-13-20-21-11-6-5-10-17(16)21/h5-13,18-19H,3-4H2,1-2H3. The number of fused-ring (bicyclic) bond motifs is 1. The van der Waals surface area contributed by atoms with Crippen LogP contribution in [0.4, 0.5) is 0 Å². The molecule has 2 heterocycles. The number of nitrogens with zero attached hydrogens (tertiary/aromatic N) is 2. The highest BCUT2D eigenvalue weighted by Crippen LogP contribution is 2.26. The van der Waals surface area contributed by atoms with Gasteiger partial charge in [-0.15, -0.1) is 0 Å². The first-order valence-corrected chi connectivity index (χ1v) is 7.58. The molecule has 0 saturated carbocycles. The van der Waals surface area contributed by atoms with Crippen LogP contribution in [0.5, 0.6) is 0 Å². The van der Waals surface area contributed by atoms with Gasteiger partial charge in [0.15, 0.2) is 0 Å². The molecule has 1 atom stereocenters. The van der Waals surface area contributed by atoms with Gasteiger partial charge in [-0.3, -0.25) is 0 Å². The summed E-state index contributed by atoms with van der Waals surface area (Å²) in [5.41, 5.74) is 5.05. The van der Waals surface area contributed by atoms with E-state index in [0.717, 1.165) is 18.5 Å². The topological polar surface area (TPSA) is 29.3 Å². The Hall–Kier alpha value is -2.13. The first kappa shape index (κ1) is 13.8. The van der Waals surface area contributed by atoms with Gasteiger partial charge in [0.25, 0.3) is 0 Å².